The van der Waals surface area contributed by atoms with Crippen LogP contribution in [0.3, 0.4) is 0 Å². The van der Waals surface area contributed by atoms with Crippen molar-refractivity contribution in [3.63, 3.8) is 0 Å². The molecule has 0 aliphatic carbocycles. The third-order valence-corrected chi connectivity index (χ3v) is 6.49. The van der Waals surface area contributed by atoms with E-state index in [9.17, 15) is 9.59 Å². The molecule has 0 fully saturated rings. The van der Waals surface area contributed by atoms with Crippen LogP contribution in [0, 0.1) is 0 Å². The Balaban J connectivity index is 1.57. The number of para-hydroxylation sites is 1. The minimum absolute atomic E-state index is 0.0142. The number of amides is 2. The molecule has 2 amide bonds. The van der Waals surface area contributed by atoms with Gasteiger partial charge in [-0.15, -0.1) is 11.3 Å². The minimum Gasteiger partial charge on any atom is -0.375 e. The number of rotatable bonds is 8. The number of ether oxygens (including phenoxy) is 1. The van der Waals surface area contributed by atoms with Gasteiger partial charge in [0.25, 0.3) is 0 Å². The van der Waals surface area contributed by atoms with Gasteiger partial charge in [0, 0.05) is 24.9 Å². The number of aromatic nitrogens is 1. The van der Waals surface area contributed by atoms with Gasteiger partial charge >= 0.3 is 0 Å². The Labute approximate surface area is 196 Å². The molecule has 33 heavy (non-hydrogen) atoms. The highest BCUT2D eigenvalue weighted by atomic mass is 32.1. The first-order chi connectivity index (χ1) is 16.0. The lowest BCUT2D eigenvalue weighted by Gasteiger charge is -2.28. The van der Waals surface area contributed by atoms with E-state index in [4.69, 9.17) is 9.72 Å². The number of hydrogen-bond acceptors (Lipinski definition) is 5. The molecule has 0 saturated carbocycles. The zero-order valence-corrected chi connectivity index (χ0v) is 19.3. The lowest BCUT2D eigenvalue weighted by molar-refractivity contribution is -0.121. The number of carbonyl (C=O) groups is 2. The smallest absolute Gasteiger partial charge is 0.250 e. The molecular weight excluding hydrogens is 434 g/mol. The topological polar surface area (TPSA) is 80.3 Å². The summed E-state index contributed by atoms with van der Waals surface area (Å²) in [4.78, 5) is 30.0. The molecule has 1 unspecified atom stereocenters. The zero-order chi connectivity index (χ0) is 23.3. The van der Waals surface area contributed by atoms with Crippen molar-refractivity contribution in [2.24, 2.45) is 0 Å². The zero-order valence-electron chi connectivity index (χ0n) is 18.5. The Morgan fingerprint density at radius 2 is 1.55 bits per heavy atom. The van der Waals surface area contributed by atoms with E-state index in [0.717, 1.165) is 20.8 Å². The maximum atomic E-state index is 13.6. The fourth-order valence-corrected chi connectivity index (χ4v) is 4.78. The molecule has 0 bridgehead atoms. The first-order valence-electron chi connectivity index (χ1n) is 10.6. The number of nitrogens with one attached hydrogen (secondary N) is 2. The van der Waals surface area contributed by atoms with Gasteiger partial charge in [-0.25, -0.2) is 4.98 Å². The van der Waals surface area contributed by atoms with Crippen molar-refractivity contribution in [2.75, 3.05) is 24.4 Å². The lowest BCUT2D eigenvalue weighted by atomic mass is 9.78. The van der Waals surface area contributed by atoms with Crippen molar-refractivity contribution < 1.29 is 14.3 Å². The highest BCUT2D eigenvalue weighted by molar-refractivity contribution is 7.18. The number of nitrogens with zero attached hydrogens (tertiary/aromatic N) is 1. The van der Waals surface area contributed by atoms with Crippen LogP contribution >= 0.6 is 11.3 Å². The fourth-order valence-electron chi connectivity index (χ4n) is 3.65. The Bertz CT molecular complexity index is 1220. The minimum atomic E-state index is -0.819. The van der Waals surface area contributed by atoms with Crippen LogP contribution in [0.5, 0.6) is 0 Å². The Morgan fingerprint density at radius 3 is 2.21 bits per heavy atom. The monoisotopic (exact) mass is 459 g/mol. The summed E-state index contributed by atoms with van der Waals surface area (Å²) >= 11 is 1.61. The third kappa shape index (κ3) is 5.27. The SMILES string of the molecule is COCC(=O)Nc1ccc(NC(=O)C(C)(Cc2nc3ccccc3s2)c2ccccc2)cc1. The maximum Gasteiger partial charge on any atom is 0.250 e. The Morgan fingerprint density at radius 1 is 0.909 bits per heavy atom. The molecule has 3 aromatic carbocycles. The highest BCUT2D eigenvalue weighted by Gasteiger charge is 2.36. The highest BCUT2D eigenvalue weighted by Crippen LogP contribution is 2.33. The summed E-state index contributed by atoms with van der Waals surface area (Å²) in [5.74, 6) is -0.356. The van der Waals surface area contributed by atoms with Crippen molar-refractivity contribution in [1.29, 1.82) is 0 Å². The molecule has 1 heterocycles. The number of carbonyl (C=O) groups excluding carboxylic acids is 2. The standard InChI is InChI=1S/C26H25N3O3S/c1-26(18-8-4-3-5-9-18,16-24-29-21-10-6-7-11-22(21)33-24)25(31)28-20-14-12-19(13-15-20)27-23(30)17-32-2/h3-15H,16-17H2,1-2H3,(H,27,30)(H,28,31). The summed E-state index contributed by atoms with van der Waals surface area (Å²) in [6, 6.07) is 24.8. The summed E-state index contributed by atoms with van der Waals surface area (Å²) in [5, 5.41) is 6.69. The summed E-state index contributed by atoms with van der Waals surface area (Å²) in [6.07, 6.45) is 0.480. The normalized spacial score (nSPS) is 12.8. The number of anilines is 2. The van der Waals surface area contributed by atoms with E-state index in [1.165, 1.54) is 7.11 Å². The van der Waals surface area contributed by atoms with Crippen LogP contribution in [0.2, 0.25) is 0 Å². The largest absolute Gasteiger partial charge is 0.375 e. The summed E-state index contributed by atoms with van der Waals surface area (Å²) in [6.45, 7) is 1.93. The predicted octanol–water partition coefficient (Wildman–Crippen LogP) is 5.02. The molecule has 0 aliphatic rings. The summed E-state index contributed by atoms with van der Waals surface area (Å²) < 4.78 is 5.93. The second kappa shape index (κ2) is 9.94. The van der Waals surface area contributed by atoms with Gasteiger partial charge in [-0.1, -0.05) is 42.5 Å². The molecule has 2 N–H and O–H groups in total. The average molecular weight is 460 g/mol. The number of benzene rings is 3. The number of thiazole rings is 1. The third-order valence-electron chi connectivity index (χ3n) is 5.46. The molecule has 0 radical (unpaired) electrons. The van der Waals surface area contributed by atoms with Crippen LogP contribution in [-0.4, -0.2) is 30.5 Å². The van der Waals surface area contributed by atoms with Gasteiger partial charge in [0.15, 0.2) is 0 Å². The van der Waals surface area contributed by atoms with Crippen LogP contribution in [-0.2, 0) is 26.2 Å². The van der Waals surface area contributed by atoms with E-state index < -0.39 is 5.41 Å². The van der Waals surface area contributed by atoms with E-state index in [1.54, 1.807) is 35.6 Å². The van der Waals surface area contributed by atoms with E-state index in [1.807, 2.05) is 61.5 Å². The van der Waals surface area contributed by atoms with Gasteiger partial charge in [0.2, 0.25) is 11.8 Å². The van der Waals surface area contributed by atoms with Crippen LogP contribution in [0.25, 0.3) is 10.2 Å². The van der Waals surface area contributed by atoms with Gasteiger partial charge in [0.05, 0.1) is 20.6 Å². The second-order valence-corrected chi connectivity index (χ2v) is 9.08. The first kappa shape index (κ1) is 22.6. The summed E-state index contributed by atoms with van der Waals surface area (Å²) in [5.41, 5.74) is 2.33. The summed E-state index contributed by atoms with van der Waals surface area (Å²) in [7, 11) is 1.47. The van der Waals surface area contributed by atoms with E-state index in [-0.39, 0.29) is 18.4 Å². The molecule has 0 spiro atoms. The van der Waals surface area contributed by atoms with Gasteiger partial charge in [0.1, 0.15) is 6.61 Å². The molecule has 4 rings (SSSR count). The van der Waals surface area contributed by atoms with E-state index in [0.29, 0.717) is 17.8 Å². The molecule has 4 aromatic rings. The number of fused-ring (bicyclic) bond motifs is 1. The van der Waals surface area contributed by atoms with Crippen LogP contribution < -0.4 is 10.6 Å². The van der Waals surface area contributed by atoms with Crippen molar-refractivity contribution in [1.82, 2.24) is 4.98 Å². The van der Waals surface area contributed by atoms with E-state index in [2.05, 4.69) is 10.6 Å². The number of hydrogen-bond donors (Lipinski definition) is 2. The molecule has 0 aliphatic heterocycles. The molecule has 0 saturated heterocycles. The van der Waals surface area contributed by atoms with Gasteiger partial charge in [-0.3, -0.25) is 9.59 Å². The van der Waals surface area contributed by atoms with Crippen LogP contribution in [0.4, 0.5) is 11.4 Å². The lowest BCUT2D eigenvalue weighted by Crippen LogP contribution is -2.39. The van der Waals surface area contributed by atoms with Crippen molar-refractivity contribution in [3.8, 4) is 0 Å². The first-order valence-corrected chi connectivity index (χ1v) is 11.4. The van der Waals surface area contributed by atoms with Crippen molar-refractivity contribution in [2.45, 2.75) is 18.8 Å². The Kier molecular flexibility index (Phi) is 6.82. The van der Waals surface area contributed by atoms with Gasteiger partial charge < -0.3 is 15.4 Å². The van der Waals surface area contributed by atoms with Gasteiger partial charge in [-0.2, -0.15) is 0 Å². The van der Waals surface area contributed by atoms with Gasteiger partial charge in [-0.05, 0) is 48.9 Å². The van der Waals surface area contributed by atoms with Crippen molar-refractivity contribution in [3.05, 3.63) is 89.4 Å². The maximum absolute atomic E-state index is 13.6. The molecular formula is C26H25N3O3S. The van der Waals surface area contributed by atoms with Crippen molar-refractivity contribution >= 4 is 44.7 Å². The molecule has 7 heteroatoms. The molecule has 1 aromatic heterocycles. The molecule has 168 valence electrons. The predicted molar refractivity (Wildman–Crippen MR) is 133 cm³/mol. The Hall–Kier alpha value is -3.55. The molecule has 6 nitrogen and oxygen atoms in total. The van der Waals surface area contributed by atoms with Crippen LogP contribution in [0.1, 0.15) is 17.5 Å². The quantitative estimate of drug-likeness (QED) is 0.388. The van der Waals surface area contributed by atoms with E-state index >= 15 is 0 Å². The van der Waals surface area contributed by atoms with Crippen LogP contribution in [0.15, 0.2) is 78.9 Å². The second-order valence-electron chi connectivity index (χ2n) is 7.96. The fraction of sp³-hybridized carbons (Fsp3) is 0.192. The average Bonchev–Trinajstić information content (AvgIpc) is 3.23. The number of methoxy groups -OCH3 is 1. The molecule has 1 atom stereocenters.